The maximum atomic E-state index is 11.8. The molecule has 2 aromatic rings. The van der Waals surface area contributed by atoms with E-state index in [1.54, 1.807) is 32.5 Å². The van der Waals surface area contributed by atoms with Crippen LogP contribution in [0.4, 0.5) is 4.79 Å². The molecule has 2 rings (SSSR count). The normalized spacial score (nSPS) is 10.0. The van der Waals surface area contributed by atoms with E-state index in [2.05, 4.69) is 15.6 Å². The molecule has 0 aliphatic heterocycles. The van der Waals surface area contributed by atoms with Gasteiger partial charge in [0.1, 0.15) is 5.15 Å². The summed E-state index contributed by atoms with van der Waals surface area (Å²) >= 11 is 5.71. The van der Waals surface area contributed by atoms with E-state index in [1.807, 2.05) is 18.2 Å². The lowest BCUT2D eigenvalue weighted by Gasteiger charge is -2.11. The van der Waals surface area contributed by atoms with E-state index in [0.717, 1.165) is 11.1 Å². The molecule has 1 heterocycles. The first kappa shape index (κ1) is 16.9. The molecule has 0 fully saturated rings. The lowest BCUT2D eigenvalue weighted by Crippen LogP contribution is -2.34. The summed E-state index contributed by atoms with van der Waals surface area (Å²) in [6, 6.07) is 8.71. The zero-order chi connectivity index (χ0) is 16.7. The number of halogens is 1. The number of carbonyl (C=O) groups is 1. The Kier molecular flexibility index (Phi) is 6.05. The van der Waals surface area contributed by atoms with Crippen LogP contribution >= 0.6 is 11.6 Å². The monoisotopic (exact) mass is 335 g/mol. The van der Waals surface area contributed by atoms with Crippen molar-refractivity contribution in [1.82, 2.24) is 15.6 Å². The van der Waals surface area contributed by atoms with Gasteiger partial charge in [0.05, 0.1) is 14.2 Å². The van der Waals surface area contributed by atoms with Crippen molar-refractivity contribution in [2.75, 3.05) is 14.2 Å². The van der Waals surface area contributed by atoms with Gasteiger partial charge in [-0.15, -0.1) is 0 Å². The van der Waals surface area contributed by atoms with E-state index in [-0.39, 0.29) is 6.03 Å². The third kappa shape index (κ3) is 5.03. The topological polar surface area (TPSA) is 72.5 Å². The summed E-state index contributed by atoms with van der Waals surface area (Å²) in [6.45, 7) is 0.757. The van der Waals surface area contributed by atoms with Crippen LogP contribution in [0.2, 0.25) is 5.15 Å². The Balaban J connectivity index is 1.83. The third-order valence-corrected chi connectivity index (χ3v) is 3.37. The predicted molar refractivity (Wildman–Crippen MR) is 87.9 cm³/mol. The van der Waals surface area contributed by atoms with Gasteiger partial charge in [-0.3, -0.25) is 0 Å². The lowest BCUT2D eigenvalue weighted by molar-refractivity contribution is 0.240. The van der Waals surface area contributed by atoms with Gasteiger partial charge < -0.3 is 20.1 Å². The molecule has 23 heavy (non-hydrogen) atoms. The van der Waals surface area contributed by atoms with Crippen LogP contribution in [-0.4, -0.2) is 25.2 Å². The summed E-state index contributed by atoms with van der Waals surface area (Å²) in [4.78, 5) is 15.8. The van der Waals surface area contributed by atoms with Crippen molar-refractivity contribution < 1.29 is 14.3 Å². The summed E-state index contributed by atoms with van der Waals surface area (Å²) in [7, 11) is 3.15. The van der Waals surface area contributed by atoms with Gasteiger partial charge in [0.15, 0.2) is 11.5 Å². The minimum absolute atomic E-state index is 0.269. The molecule has 1 aromatic carbocycles. The Labute approximate surface area is 139 Å². The van der Waals surface area contributed by atoms with Crippen molar-refractivity contribution in [3.8, 4) is 11.5 Å². The van der Waals surface area contributed by atoms with Crippen molar-refractivity contribution in [2.45, 2.75) is 13.1 Å². The van der Waals surface area contributed by atoms with Crippen LogP contribution in [0.5, 0.6) is 11.5 Å². The van der Waals surface area contributed by atoms with E-state index in [0.29, 0.717) is 29.7 Å². The number of nitrogens with zero attached hydrogens (tertiary/aromatic N) is 1. The highest BCUT2D eigenvalue weighted by molar-refractivity contribution is 6.29. The Bertz CT molecular complexity index is 662. The molecule has 0 unspecified atom stereocenters. The summed E-state index contributed by atoms with van der Waals surface area (Å²) in [5.74, 6) is 1.27. The first-order valence-corrected chi connectivity index (χ1v) is 7.33. The average molecular weight is 336 g/mol. The lowest BCUT2D eigenvalue weighted by atomic mass is 10.2. The first-order chi connectivity index (χ1) is 11.1. The number of methoxy groups -OCH3 is 2. The standard InChI is InChI=1S/C16H18ClN3O3/c1-22-13-5-3-11(7-14(13)23-2)8-19-16(21)20-10-12-4-6-15(17)18-9-12/h3-7,9H,8,10H2,1-2H3,(H2,19,20,21). The Hall–Kier alpha value is -2.47. The quantitative estimate of drug-likeness (QED) is 0.796. The molecular weight excluding hydrogens is 318 g/mol. The van der Waals surface area contributed by atoms with Crippen molar-refractivity contribution >= 4 is 17.6 Å². The number of nitrogens with one attached hydrogen (secondary N) is 2. The highest BCUT2D eigenvalue weighted by atomic mass is 35.5. The fourth-order valence-corrected chi connectivity index (χ4v) is 2.04. The number of pyridine rings is 1. The van der Waals surface area contributed by atoms with Gasteiger partial charge in [-0.1, -0.05) is 23.7 Å². The third-order valence-electron chi connectivity index (χ3n) is 3.14. The van der Waals surface area contributed by atoms with Crippen molar-refractivity contribution in [3.63, 3.8) is 0 Å². The number of hydrogen-bond acceptors (Lipinski definition) is 4. The van der Waals surface area contributed by atoms with Crippen LogP contribution in [0, 0.1) is 0 Å². The number of hydrogen-bond donors (Lipinski definition) is 2. The molecule has 6 nitrogen and oxygen atoms in total. The molecule has 0 spiro atoms. The average Bonchev–Trinajstić information content (AvgIpc) is 2.59. The molecule has 0 radical (unpaired) electrons. The van der Waals surface area contributed by atoms with Gasteiger partial charge >= 0.3 is 6.03 Å². The van der Waals surface area contributed by atoms with Gasteiger partial charge in [-0.05, 0) is 29.3 Å². The predicted octanol–water partition coefficient (Wildman–Crippen LogP) is 2.75. The fraction of sp³-hybridized carbons (Fsp3) is 0.250. The molecule has 122 valence electrons. The smallest absolute Gasteiger partial charge is 0.315 e. The van der Waals surface area contributed by atoms with Crippen LogP contribution in [0.3, 0.4) is 0 Å². The van der Waals surface area contributed by atoms with Gasteiger partial charge in [0.25, 0.3) is 0 Å². The number of ether oxygens (including phenoxy) is 2. The summed E-state index contributed by atoms with van der Waals surface area (Å²) < 4.78 is 10.4. The number of amides is 2. The molecule has 2 amide bonds. The summed E-state index contributed by atoms with van der Waals surface area (Å²) in [5, 5.41) is 5.95. The van der Waals surface area contributed by atoms with E-state index >= 15 is 0 Å². The van der Waals surface area contributed by atoms with Crippen molar-refractivity contribution in [1.29, 1.82) is 0 Å². The van der Waals surface area contributed by atoms with E-state index < -0.39 is 0 Å². The van der Waals surface area contributed by atoms with Crippen LogP contribution in [-0.2, 0) is 13.1 Å². The number of benzene rings is 1. The molecule has 0 atom stereocenters. The largest absolute Gasteiger partial charge is 0.493 e. The van der Waals surface area contributed by atoms with E-state index in [9.17, 15) is 4.79 Å². The molecule has 0 aliphatic carbocycles. The van der Waals surface area contributed by atoms with Crippen molar-refractivity contribution in [2.24, 2.45) is 0 Å². The zero-order valence-electron chi connectivity index (χ0n) is 12.9. The molecule has 7 heteroatoms. The molecule has 2 N–H and O–H groups in total. The highest BCUT2D eigenvalue weighted by Gasteiger charge is 2.06. The zero-order valence-corrected chi connectivity index (χ0v) is 13.7. The Morgan fingerprint density at radius 2 is 1.70 bits per heavy atom. The molecule has 0 bridgehead atoms. The molecule has 0 aliphatic rings. The molecular formula is C16H18ClN3O3. The second-order valence-corrected chi connectivity index (χ2v) is 5.10. The number of carbonyl (C=O) groups excluding carboxylic acids is 1. The Morgan fingerprint density at radius 1 is 1.04 bits per heavy atom. The van der Waals surface area contributed by atoms with Crippen LogP contribution < -0.4 is 20.1 Å². The molecule has 0 saturated carbocycles. The van der Waals surface area contributed by atoms with Gasteiger partial charge in [-0.2, -0.15) is 0 Å². The minimum Gasteiger partial charge on any atom is -0.493 e. The highest BCUT2D eigenvalue weighted by Crippen LogP contribution is 2.27. The second kappa shape index (κ2) is 8.24. The van der Waals surface area contributed by atoms with Crippen LogP contribution in [0.15, 0.2) is 36.5 Å². The SMILES string of the molecule is COc1ccc(CNC(=O)NCc2ccc(Cl)nc2)cc1OC. The van der Waals surface area contributed by atoms with Crippen LogP contribution in [0.1, 0.15) is 11.1 Å². The number of aromatic nitrogens is 1. The van der Waals surface area contributed by atoms with Gasteiger partial charge in [0, 0.05) is 19.3 Å². The first-order valence-electron chi connectivity index (χ1n) is 6.95. The molecule has 1 aromatic heterocycles. The summed E-state index contributed by atoms with van der Waals surface area (Å²) in [5.41, 5.74) is 1.78. The minimum atomic E-state index is -0.269. The second-order valence-electron chi connectivity index (χ2n) is 4.71. The summed E-state index contributed by atoms with van der Waals surface area (Å²) in [6.07, 6.45) is 1.62. The molecule has 0 saturated heterocycles. The maximum absolute atomic E-state index is 11.8. The maximum Gasteiger partial charge on any atom is 0.315 e. The number of urea groups is 1. The van der Waals surface area contributed by atoms with E-state index in [4.69, 9.17) is 21.1 Å². The fourth-order valence-electron chi connectivity index (χ4n) is 1.93. The van der Waals surface area contributed by atoms with Gasteiger partial charge in [-0.25, -0.2) is 9.78 Å². The van der Waals surface area contributed by atoms with Crippen LogP contribution in [0.25, 0.3) is 0 Å². The van der Waals surface area contributed by atoms with Gasteiger partial charge in [0.2, 0.25) is 0 Å². The van der Waals surface area contributed by atoms with Crippen molar-refractivity contribution in [3.05, 3.63) is 52.8 Å². The number of rotatable bonds is 6. The van der Waals surface area contributed by atoms with E-state index in [1.165, 1.54) is 0 Å². The Morgan fingerprint density at radius 3 is 2.30 bits per heavy atom.